The summed E-state index contributed by atoms with van der Waals surface area (Å²) in [7, 11) is 0. The van der Waals surface area contributed by atoms with Crippen LogP contribution >= 0.6 is 0 Å². The number of amides is 1. The summed E-state index contributed by atoms with van der Waals surface area (Å²) in [6, 6.07) is 9.15. The van der Waals surface area contributed by atoms with E-state index < -0.39 is 11.6 Å². The van der Waals surface area contributed by atoms with Gasteiger partial charge in [-0.2, -0.15) is 0 Å². The largest absolute Gasteiger partial charge is 0.388 e. The van der Waals surface area contributed by atoms with E-state index in [1.807, 2.05) is 44.2 Å². The van der Waals surface area contributed by atoms with Crippen molar-refractivity contribution >= 4 is 5.91 Å². The van der Waals surface area contributed by atoms with Crippen LogP contribution in [-0.4, -0.2) is 43.4 Å². The van der Waals surface area contributed by atoms with Gasteiger partial charge in [-0.3, -0.25) is 4.79 Å². The Labute approximate surface area is 135 Å². The summed E-state index contributed by atoms with van der Waals surface area (Å²) in [5, 5.41) is 24.2. The fraction of sp³-hybridized carbons (Fsp3) is 0.500. The molecular weight excluding hydrogens is 294 g/mol. The number of aliphatic hydroxyl groups is 1. The lowest BCUT2D eigenvalue weighted by atomic mass is 9.97. The lowest BCUT2D eigenvalue weighted by Gasteiger charge is -2.26. The van der Waals surface area contributed by atoms with Gasteiger partial charge in [-0.15, -0.1) is 5.10 Å². The Morgan fingerprint density at radius 1 is 1.30 bits per heavy atom. The third-order valence-corrected chi connectivity index (χ3v) is 4.17. The van der Waals surface area contributed by atoms with E-state index in [9.17, 15) is 9.90 Å². The van der Waals surface area contributed by atoms with Gasteiger partial charge >= 0.3 is 0 Å². The summed E-state index contributed by atoms with van der Waals surface area (Å²) in [6.45, 7) is 4.02. The molecule has 7 nitrogen and oxygen atoms in total. The molecule has 2 rings (SSSR count). The van der Waals surface area contributed by atoms with E-state index in [0.717, 1.165) is 5.56 Å². The van der Waals surface area contributed by atoms with E-state index >= 15 is 0 Å². The van der Waals surface area contributed by atoms with Crippen molar-refractivity contribution in [3.63, 3.8) is 0 Å². The second-order valence-corrected chi connectivity index (χ2v) is 5.64. The Morgan fingerprint density at radius 2 is 2.00 bits per heavy atom. The van der Waals surface area contributed by atoms with Crippen molar-refractivity contribution < 1.29 is 9.90 Å². The molecule has 1 amide bonds. The van der Waals surface area contributed by atoms with Gasteiger partial charge in [0.05, 0.1) is 5.60 Å². The molecule has 0 aliphatic carbocycles. The summed E-state index contributed by atoms with van der Waals surface area (Å²) >= 11 is 0. The Hall–Kier alpha value is -2.28. The SMILES string of the molecule is CCC(O)(CC)CNC(=O)C(Cc1ccccc1)n1cnnn1. The highest BCUT2D eigenvalue weighted by atomic mass is 16.3. The molecule has 1 atom stereocenters. The Kier molecular flexibility index (Phi) is 5.81. The van der Waals surface area contributed by atoms with Gasteiger partial charge in [0.2, 0.25) is 5.91 Å². The zero-order chi connectivity index (χ0) is 16.7. The lowest BCUT2D eigenvalue weighted by Crippen LogP contribution is -2.44. The summed E-state index contributed by atoms with van der Waals surface area (Å²) in [5.74, 6) is -0.207. The molecule has 1 unspecified atom stereocenters. The molecule has 1 aromatic carbocycles. The maximum Gasteiger partial charge on any atom is 0.245 e. The highest BCUT2D eigenvalue weighted by Gasteiger charge is 2.27. The van der Waals surface area contributed by atoms with E-state index in [4.69, 9.17) is 0 Å². The van der Waals surface area contributed by atoms with Crippen LogP contribution in [0.25, 0.3) is 0 Å². The first-order valence-corrected chi connectivity index (χ1v) is 7.84. The van der Waals surface area contributed by atoms with Gasteiger partial charge in [0.25, 0.3) is 0 Å². The van der Waals surface area contributed by atoms with Crippen LogP contribution in [0.15, 0.2) is 36.7 Å². The molecule has 0 radical (unpaired) electrons. The predicted octanol–water partition coefficient (Wildman–Crippen LogP) is 1.12. The summed E-state index contributed by atoms with van der Waals surface area (Å²) in [5.41, 5.74) is 0.137. The molecule has 2 aromatic rings. The minimum absolute atomic E-state index is 0.207. The molecule has 124 valence electrons. The number of nitrogens with one attached hydrogen (secondary N) is 1. The molecule has 0 saturated carbocycles. The van der Waals surface area contributed by atoms with Crippen molar-refractivity contribution in [2.24, 2.45) is 0 Å². The van der Waals surface area contributed by atoms with Crippen LogP contribution in [0.5, 0.6) is 0 Å². The van der Waals surface area contributed by atoms with E-state index in [1.165, 1.54) is 11.0 Å². The second-order valence-electron chi connectivity index (χ2n) is 5.64. The van der Waals surface area contributed by atoms with Crippen molar-refractivity contribution in [3.8, 4) is 0 Å². The predicted molar refractivity (Wildman–Crippen MR) is 85.5 cm³/mol. The number of carbonyl (C=O) groups excluding carboxylic acids is 1. The molecule has 0 aliphatic heterocycles. The second kappa shape index (κ2) is 7.82. The highest BCUT2D eigenvalue weighted by molar-refractivity contribution is 5.80. The Bertz CT molecular complexity index is 596. The van der Waals surface area contributed by atoms with Crippen molar-refractivity contribution in [1.29, 1.82) is 0 Å². The van der Waals surface area contributed by atoms with Crippen LogP contribution in [0.4, 0.5) is 0 Å². The van der Waals surface area contributed by atoms with E-state index in [1.54, 1.807) is 0 Å². The average Bonchev–Trinajstić information content (AvgIpc) is 3.12. The third kappa shape index (κ3) is 4.59. The lowest BCUT2D eigenvalue weighted by molar-refractivity contribution is -0.126. The Morgan fingerprint density at radius 3 is 2.57 bits per heavy atom. The van der Waals surface area contributed by atoms with Crippen molar-refractivity contribution in [2.75, 3.05) is 6.54 Å². The number of tetrazole rings is 1. The van der Waals surface area contributed by atoms with Crippen molar-refractivity contribution in [1.82, 2.24) is 25.5 Å². The molecule has 1 aromatic heterocycles. The maximum atomic E-state index is 12.6. The third-order valence-electron chi connectivity index (χ3n) is 4.17. The van der Waals surface area contributed by atoms with Crippen LogP contribution < -0.4 is 5.32 Å². The molecule has 0 aliphatic rings. The minimum atomic E-state index is -0.881. The quantitative estimate of drug-likeness (QED) is 0.761. The number of nitrogens with zero attached hydrogens (tertiary/aromatic N) is 4. The molecule has 0 fully saturated rings. The standard InChI is InChI=1S/C16H23N5O2/c1-3-16(23,4-2)11-17-15(22)14(21-12-18-19-20-21)10-13-8-6-5-7-9-13/h5-9,12,14,23H,3-4,10-11H2,1-2H3,(H,17,22). The van der Waals surface area contributed by atoms with Crippen molar-refractivity contribution in [2.45, 2.75) is 44.8 Å². The van der Waals surface area contributed by atoms with Gasteiger partial charge in [0, 0.05) is 13.0 Å². The summed E-state index contributed by atoms with van der Waals surface area (Å²) < 4.78 is 1.44. The molecular formula is C16H23N5O2. The average molecular weight is 317 g/mol. The first kappa shape index (κ1) is 17.1. The zero-order valence-corrected chi connectivity index (χ0v) is 13.5. The zero-order valence-electron chi connectivity index (χ0n) is 13.5. The van der Waals surface area contributed by atoms with Crippen molar-refractivity contribution in [3.05, 3.63) is 42.2 Å². The number of carbonyl (C=O) groups is 1. The number of hydrogen-bond donors (Lipinski definition) is 2. The van der Waals surface area contributed by atoms with E-state index in [2.05, 4.69) is 20.8 Å². The molecule has 7 heteroatoms. The van der Waals surface area contributed by atoms with Gasteiger partial charge in [-0.25, -0.2) is 4.68 Å². The van der Waals surface area contributed by atoms with Gasteiger partial charge < -0.3 is 10.4 Å². The first-order chi connectivity index (χ1) is 11.1. The minimum Gasteiger partial charge on any atom is -0.388 e. The van der Waals surface area contributed by atoms with Crippen LogP contribution in [-0.2, 0) is 11.2 Å². The molecule has 0 spiro atoms. The van der Waals surface area contributed by atoms with Crippen LogP contribution in [0.2, 0.25) is 0 Å². The number of hydrogen-bond acceptors (Lipinski definition) is 5. The molecule has 23 heavy (non-hydrogen) atoms. The van der Waals surface area contributed by atoms with Gasteiger partial charge in [-0.05, 0) is 28.8 Å². The normalized spacial score (nSPS) is 12.8. The topological polar surface area (TPSA) is 92.9 Å². The van der Waals surface area contributed by atoms with Crippen LogP contribution in [0, 0.1) is 0 Å². The van der Waals surface area contributed by atoms with Crippen LogP contribution in [0.1, 0.15) is 38.3 Å². The smallest absolute Gasteiger partial charge is 0.245 e. The molecule has 2 N–H and O–H groups in total. The van der Waals surface area contributed by atoms with Gasteiger partial charge in [0.1, 0.15) is 12.4 Å². The molecule has 0 saturated heterocycles. The van der Waals surface area contributed by atoms with E-state index in [-0.39, 0.29) is 12.5 Å². The number of benzene rings is 1. The first-order valence-electron chi connectivity index (χ1n) is 7.84. The van der Waals surface area contributed by atoms with Gasteiger partial charge in [0.15, 0.2) is 0 Å². The van der Waals surface area contributed by atoms with E-state index in [0.29, 0.717) is 19.3 Å². The Balaban J connectivity index is 2.10. The van der Waals surface area contributed by atoms with Crippen LogP contribution in [0.3, 0.4) is 0 Å². The monoisotopic (exact) mass is 317 g/mol. The molecule has 0 bridgehead atoms. The summed E-state index contributed by atoms with van der Waals surface area (Å²) in [4.78, 5) is 12.6. The number of aromatic nitrogens is 4. The number of rotatable bonds is 8. The molecule has 1 heterocycles. The van der Waals surface area contributed by atoms with Gasteiger partial charge in [-0.1, -0.05) is 44.2 Å². The maximum absolute atomic E-state index is 12.6. The fourth-order valence-corrected chi connectivity index (χ4v) is 2.32. The fourth-order valence-electron chi connectivity index (χ4n) is 2.32. The summed E-state index contributed by atoms with van der Waals surface area (Å²) in [6.07, 6.45) is 3.07. The highest BCUT2D eigenvalue weighted by Crippen LogP contribution is 2.16.